The molecule has 37 heavy (non-hydrogen) atoms. The molecular weight excluding hydrogens is 477 g/mol. The highest BCUT2D eigenvalue weighted by molar-refractivity contribution is 6.00. The van der Waals surface area contributed by atoms with E-state index in [0.717, 1.165) is 16.8 Å². The number of para-hydroxylation sites is 1. The molecule has 1 aliphatic rings. The Hall–Kier alpha value is -4.40. The van der Waals surface area contributed by atoms with E-state index < -0.39 is 18.2 Å². The summed E-state index contributed by atoms with van der Waals surface area (Å²) in [5, 5.41) is 14.6. The van der Waals surface area contributed by atoms with Crippen molar-refractivity contribution in [1.29, 1.82) is 0 Å². The van der Waals surface area contributed by atoms with Crippen LogP contribution < -0.4 is 15.4 Å². The van der Waals surface area contributed by atoms with Crippen LogP contribution in [0.15, 0.2) is 72.8 Å². The highest BCUT2D eigenvalue weighted by atomic mass is 19.1. The van der Waals surface area contributed by atoms with E-state index in [-0.39, 0.29) is 43.5 Å². The molecule has 2 atom stereocenters. The van der Waals surface area contributed by atoms with Gasteiger partial charge in [0, 0.05) is 17.8 Å². The Balaban J connectivity index is 1.30. The highest BCUT2D eigenvalue weighted by Gasteiger charge is 2.35. The van der Waals surface area contributed by atoms with Crippen LogP contribution in [0.5, 0.6) is 5.75 Å². The average molecular weight is 506 g/mol. The summed E-state index contributed by atoms with van der Waals surface area (Å²) in [4.78, 5) is 37.7. The third-order valence-corrected chi connectivity index (χ3v) is 6.19. The quantitative estimate of drug-likeness (QED) is 0.404. The van der Waals surface area contributed by atoms with E-state index in [1.54, 1.807) is 24.3 Å². The van der Waals surface area contributed by atoms with Crippen LogP contribution in [-0.2, 0) is 11.2 Å². The number of aromatic carboxylic acids is 1. The summed E-state index contributed by atoms with van der Waals surface area (Å²) in [6.07, 6.45) is -0.866. The number of likely N-dealkylation sites (tertiary alicyclic amines) is 1. The molecule has 3 N–H and O–H groups in total. The molecule has 1 aliphatic heterocycles. The number of carboxylic acid groups (broad SMARTS) is 1. The highest BCUT2D eigenvalue weighted by Crippen LogP contribution is 2.24. The van der Waals surface area contributed by atoms with Crippen molar-refractivity contribution in [3.8, 4) is 5.75 Å². The predicted molar refractivity (Wildman–Crippen MR) is 138 cm³/mol. The van der Waals surface area contributed by atoms with Crippen molar-refractivity contribution >= 4 is 29.3 Å². The maximum Gasteiger partial charge on any atom is 0.335 e. The number of alkyl halides is 1. The molecule has 3 aromatic carbocycles. The van der Waals surface area contributed by atoms with E-state index in [9.17, 15) is 18.8 Å². The first-order chi connectivity index (χ1) is 17.8. The van der Waals surface area contributed by atoms with Crippen LogP contribution in [0.2, 0.25) is 0 Å². The number of ether oxygens (including phenoxy) is 1. The average Bonchev–Trinajstić information content (AvgIpc) is 3.26. The summed E-state index contributed by atoms with van der Waals surface area (Å²) in [5.41, 5.74) is 3.12. The molecular formula is C28H28FN3O5. The third kappa shape index (κ3) is 6.84. The Kier molecular flexibility index (Phi) is 8.02. The third-order valence-electron chi connectivity index (χ3n) is 6.19. The monoisotopic (exact) mass is 505 g/mol. The van der Waals surface area contributed by atoms with Crippen LogP contribution in [0.25, 0.3) is 0 Å². The lowest BCUT2D eigenvalue weighted by Gasteiger charge is -2.24. The zero-order valence-corrected chi connectivity index (χ0v) is 20.3. The molecule has 1 heterocycles. The molecule has 0 unspecified atom stereocenters. The maximum atomic E-state index is 14.2. The first kappa shape index (κ1) is 25.7. The molecule has 8 nitrogen and oxygen atoms in total. The zero-order chi connectivity index (χ0) is 26.4. The molecule has 0 saturated carbocycles. The van der Waals surface area contributed by atoms with Gasteiger partial charge in [0.25, 0.3) is 0 Å². The van der Waals surface area contributed by atoms with Gasteiger partial charge in [-0.05, 0) is 60.5 Å². The van der Waals surface area contributed by atoms with E-state index in [1.807, 2.05) is 31.2 Å². The first-order valence-electron chi connectivity index (χ1n) is 11.9. The van der Waals surface area contributed by atoms with Crippen molar-refractivity contribution in [1.82, 2.24) is 4.90 Å². The Morgan fingerprint density at radius 3 is 2.38 bits per heavy atom. The minimum Gasteiger partial charge on any atom is -0.491 e. The number of carbonyl (C=O) groups excluding carboxylic acids is 2. The van der Waals surface area contributed by atoms with Gasteiger partial charge in [-0.3, -0.25) is 4.79 Å². The van der Waals surface area contributed by atoms with Crippen LogP contribution in [0.4, 0.5) is 20.6 Å². The smallest absolute Gasteiger partial charge is 0.335 e. The van der Waals surface area contributed by atoms with Gasteiger partial charge in [0.05, 0.1) is 24.6 Å². The number of halogens is 1. The number of amides is 3. The topological polar surface area (TPSA) is 108 Å². The number of carbonyl (C=O) groups is 3. The fraction of sp³-hybridized carbons (Fsp3) is 0.250. The Morgan fingerprint density at radius 1 is 1.00 bits per heavy atom. The van der Waals surface area contributed by atoms with Crippen molar-refractivity contribution in [3.05, 3.63) is 89.5 Å². The number of nitrogens with one attached hydrogen (secondary N) is 2. The van der Waals surface area contributed by atoms with Crippen molar-refractivity contribution in [2.75, 3.05) is 23.8 Å². The van der Waals surface area contributed by atoms with Crippen LogP contribution in [0.3, 0.4) is 0 Å². The van der Waals surface area contributed by atoms with E-state index in [1.165, 1.54) is 29.2 Å². The van der Waals surface area contributed by atoms with Gasteiger partial charge < -0.3 is 25.4 Å². The number of hydrogen-bond donors (Lipinski definition) is 3. The number of aryl methyl sites for hydroxylation is 1. The Morgan fingerprint density at radius 2 is 1.70 bits per heavy atom. The molecule has 192 valence electrons. The van der Waals surface area contributed by atoms with E-state index in [2.05, 4.69) is 10.6 Å². The zero-order valence-electron chi connectivity index (χ0n) is 20.3. The number of rotatable bonds is 8. The number of urea groups is 1. The minimum absolute atomic E-state index is 0.00350. The van der Waals surface area contributed by atoms with Gasteiger partial charge in [-0.2, -0.15) is 0 Å². The van der Waals surface area contributed by atoms with Crippen LogP contribution in [0, 0.1) is 6.92 Å². The lowest BCUT2D eigenvalue weighted by atomic mass is 10.1. The number of anilines is 2. The lowest BCUT2D eigenvalue weighted by Crippen LogP contribution is -2.40. The van der Waals surface area contributed by atoms with Gasteiger partial charge in [0.1, 0.15) is 18.5 Å². The molecule has 9 heteroatoms. The summed E-state index contributed by atoms with van der Waals surface area (Å²) < 4.78 is 19.9. The van der Waals surface area contributed by atoms with Gasteiger partial charge in [-0.15, -0.1) is 0 Å². The number of hydrogen-bond acceptors (Lipinski definition) is 4. The molecule has 1 fully saturated rings. The molecule has 0 spiro atoms. The first-order valence-corrected chi connectivity index (χ1v) is 11.9. The minimum atomic E-state index is -1.13. The Bertz CT molecular complexity index is 1260. The molecule has 3 amide bonds. The summed E-state index contributed by atoms with van der Waals surface area (Å²) >= 11 is 0. The molecule has 4 rings (SSSR count). The number of benzene rings is 3. The summed E-state index contributed by atoms with van der Waals surface area (Å²) in [6.45, 7) is 2.02. The van der Waals surface area contributed by atoms with E-state index in [0.29, 0.717) is 11.4 Å². The van der Waals surface area contributed by atoms with Gasteiger partial charge in [0.2, 0.25) is 5.91 Å². The molecule has 1 saturated heterocycles. The molecule has 0 aromatic heterocycles. The largest absolute Gasteiger partial charge is 0.491 e. The van der Waals surface area contributed by atoms with Gasteiger partial charge in [-0.1, -0.05) is 30.3 Å². The van der Waals surface area contributed by atoms with Crippen LogP contribution in [0.1, 0.15) is 27.9 Å². The van der Waals surface area contributed by atoms with Gasteiger partial charge in [-0.25, -0.2) is 14.0 Å². The van der Waals surface area contributed by atoms with E-state index in [4.69, 9.17) is 9.84 Å². The lowest BCUT2D eigenvalue weighted by molar-refractivity contribution is -0.132. The van der Waals surface area contributed by atoms with Crippen molar-refractivity contribution in [3.63, 3.8) is 0 Å². The molecule has 0 aliphatic carbocycles. The molecule has 0 bridgehead atoms. The molecule has 0 radical (unpaired) electrons. The SMILES string of the molecule is Cc1ccccc1NC(=O)Nc1ccc(CC(=O)N2C[C@@H](F)C[C@H]2COc2ccc(C(=O)O)cc2)cc1. The summed E-state index contributed by atoms with van der Waals surface area (Å²) in [7, 11) is 0. The normalized spacial score (nSPS) is 16.8. The maximum absolute atomic E-state index is 14.2. The fourth-order valence-electron chi connectivity index (χ4n) is 4.19. The second kappa shape index (κ2) is 11.6. The van der Waals surface area contributed by atoms with Crippen molar-refractivity contribution in [2.45, 2.75) is 32.0 Å². The summed E-state index contributed by atoms with van der Waals surface area (Å²) in [5.74, 6) is -0.795. The van der Waals surface area contributed by atoms with Gasteiger partial charge in [0.15, 0.2) is 0 Å². The second-order valence-electron chi connectivity index (χ2n) is 8.94. The number of nitrogens with zero attached hydrogens (tertiary/aromatic N) is 1. The number of carboxylic acids is 1. The predicted octanol–water partition coefficient (Wildman–Crippen LogP) is 4.90. The standard InChI is InChI=1S/C28H28FN3O5/c1-18-4-2-3-5-25(18)31-28(36)30-22-10-6-19(7-11-22)14-26(33)32-16-21(29)15-23(32)17-37-24-12-8-20(9-13-24)27(34)35/h2-13,21,23H,14-17H2,1H3,(H,34,35)(H2,30,31,36)/t21-,23-/m0/s1. The van der Waals surface area contributed by atoms with Crippen LogP contribution >= 0.6 is 0 Å². The summed E-state index contributed by atoms with van der Waals surface area (Å²) in [6, 6.07) is 19.5. The van der Waals surface area contributed by atoms with Crippen molar-refractivity contribution in [2.24, 2.45) is 0 Å². The van der Waals surface area contributed by atoms with Crippen molar-refractivity contribution < 1.29 is 28.6 Å². The van der Waals surface area contributed by atoms with Crippen LogP contribution in [-0.4, -0.2) is 53.3 Å². The van der Waals surface area contributed by atoms with Gasteiger partial charge >= 0.3 is 12.0 Å². The second-order valence-corrected chi connectivity index (χ2v) is 8.94. The Labute approximate surface area is 214 Å². The van der Waals surface area contributed by atoms with E-state index >= 15 is 0 Å². The molecule has 3 aromatic rings. The fourth-order valence-corrected chi connectivity index (χ4v) is 4.19.